The highest BCUT2D eigenvalue weighted by atomic mass is 16.5. The highest BCUT2D eigenvalue weighted by Crippen LogP contribution is 2.28. The van der Waals surface area contributed by atoms with Gasteiger partial charge in [0.2, 0.25) is 11.8 Å². The SMILES string of the molecule is NC(=O)CN1CC(C2CCCCO2)CC1=O. The molecule has 2 aliphatic rings. The molecule has 0 radical (unpaired) electrons. The molecular weight excluding hydrogens is 208 g/mol. The summed E-state index contributed by atoms with van der Waals surface area (Å²) in [5.74, 6) is -0.177. The van der Waals surface area contributed by atoms with Gasteiger partial charge in [-0.1, -0.05) is 0 Å². The molecule has 2 N–H and O–H groups in total. The first-order valence-electron chi connectivity index (χ1n) is 5.84. The van der Waals surface area contributed by atoms with Crippen LogP contribution in [0.25, 0.3) is 0 Å². The van der Waals surface area contributed by atoms with Gasteiger partial charge in [-0.05, 0) is 19.3 Å². The van der Waals surface area contributed by atoms with Crippen molar-refractivity contribution in [2.45, 2.75) is 31.8 Å². The first kappa shape index (κ1) is 11.4. The molecule has 2 atom stereocenters. The third kappa shape index (κ3) is 2.52. The number of rotatable bonds is 3. The lowest BCUT2D eigenvalue weighted by atomic mass is 9.95. The standard InChI is InChI=1S/C11H18N2O3/c12-10(14)7-13-6-8(5-11(13)15)9-3-1-2-4-16-9/h8-9H,1-7H2,(H2,12,14). The number of carbonyl (C=O) groups is 2. The van der Waals surface area contributed by atoms with Crippen LogP contribution in [0.2, 0.25) is 0 Å². The van der Waals surface area contributed by atoms with Crippen LogP contribution >= 0.6 is 0 Å². The van der Waals surface area contributed by atoms with Crippen LogP contribution in [0.1, 0.15) is 25.7 Å². The molecule has 0 saturated carbocycles. The smallest absolute Gasteiger partial charge is 0.237 e. The van der Waals surface area contributed by atoms with Crippen molar-refractivity contribution in [3.05, 3.63) is 0 Å². The molecule has 2 saturated heterocycles. The Balaban J connectivity index is 1.89. The number of amides is 2. The number of nitrogens with two attached hydrogens (primary N) is 1. The predicted molar refractivity (Wildman–Crippen MR) is 57.5 cm³/mol. The summed E-state index contributed by atoms with van der Waals surface area (Å²) in [5, 5.41) is 0. The van der Waals surface area contributed by atoms with Crippen LogP contribution in [0, 0.1) is 5.92 Å². The fourth-order valence-corrected chi connectivity index (χ4v) is 2.53. The van der Waals surface area contributed by atoms with E-state index >= 15 is 0 Å². The summed E-state index contributed by atoms with van der Waals surface area (Å²) in [6.07, 6.45) is 4.00. The summed E-state index contributed by atoms with van der Waals surface area (Å²) in [6.45, 7) is 1.46. The van der Waals surface area contributed by atoms with Crippen LogP contribution < -0.4 is 5.73 Å². The Morgan fingerprint density at radius 3 is 2.94 bits per heavy atom. The third-order valence-electron chi connectivity index (χ3n) is 3.33. The molecule has 2 amide bonds. The minimum atomic E-state index is -0.446. The largest absolute Gasteiger partial charge is 0.378 e. The van der Waals surface area contributed by atoms with E-state index in [4.69, 9.17) is 10.5 Å². The molecule has 0 aliphatic carbocycles. The number of nitrogens with zero attached hydrogens (tertiary/aromatic N) is 1. The van der Waals surface area contributed by atoms with Gasteiger partial charge in [0, 0.05) is 25.5 Å². The van der Waals surface area contributed by atoms with Crippen LogP contribution in [-0.2, 0) is 14.3 Å². The minimum absolute atomic E-state index is 0.0259. The van der Waals surface area contributed by atoms with E-state index in [0.717, 1.165) is 19.4 Å². The topological polar surface area (TPSA) is 72.6 Å². The van der Waals surface area contributed by atoms with Gasteiger partial charge in [0.05, 0.1) is 12.6 Å². The Kier molecular flexibility index (Phi) is 3.43. The highest BCUT2D eigenvalue weighted by molar-refractivity contribution is 5.85. The summed E-state index contributed by atoms with van der Waals surface area (Å²) in [7, 11) is 0. The van der Waals surface area contributed by atoms with Crippen molar-refractivity contribution in [3.8, 4) is 0 Å². The second-order valence-electron chi connectivity index (χ2n) is 4.61. The maximum absolute atomic E-state index is 11.6. The van der Waals surface area contributed by atoms with Gasteiger partial charge < -0.3 is 15.4 Å². The molecule has 2 rings (SSSR count). The Hall–Kier alpha value is -1.10. The van der Waals surface area contributed by atoms with Gasteiger partial charge in [-0.3, -0.25) is 9.59 Å². The molecule has 2 fully saturated rings. The zero-order valence-electron chi connectivity index (χ0n) is 9.35. The maximum atomic E-state index is 11.6. The van der Waals surface area contributed by atoms with Gasteiger partial charge >= 0.3 is 0 Å². The van der Waals surface area contributed by atoms with E-state index in [-0.39, 0.29) is 24.5 Å². The molecule has 0 bridgehead atoms. The quantitative estimate of drug-likeness (QED) is 0.729. The fourth-order valence-electron chi connectivity index (χ4n) is 2.53. The van der Waals surface area contributed by atoms with Crippen molar-refractivity contribution in [2.24, 2.45) is 11.7 Å². The van der Waals surface area contributed by atoms with Crippen LogP contribution in [0.5, 0.6) is 0 Å². The number of likely N-dealkylation sites (tertiary alicyclic amines) is 1. The molecule has 0 spiro atoms. The Labute approximate surface area is 94.9 Å². The molecule has 5 nitrogen and oxygen atoms in total. The summed E-state index contributed by atoms with van der Waals surface area (Å²) in [4.78, 5) is 24.0. The third-order valence-corrected chi connectivity index (χ3v) is 3.33. The average Bonchev–Trinajstić information content (AvgIpc) is 2.61. The number of hydrogen-bond acceptors (Lipinski definition) is 3. The Morgan fingerprint density at radius 2 is 2.31 bits per heavy atom. The van der Waals surface area contributed by atoms with Gasteiger partial charge in [0.1, 0.15) is 0 Å². The summed E-state index contributed by atoms with van der Waals surface area (Å²) in [5.41, 5.74) is 5.09. The Morgan fingerprint density at radius 1 is 1.50 bits per heavy atom. The first-order valence-corrected chi connectivity index (χ1v) is 5.84. The predicted octanol–water partition coefficient (Wildman–Crippen LogP) is -0.111. The van der Waals surface area contributed by atoms with E-state index in [9.17, 15) is 9.59 Å². The molecule has 2 heterocycles. The maximum Gasteiger partial charge on any atom is 0.237 e. The van der Waals surface area contributed by atoms with Gasteiger partial charge in [0.15, 0.2) is 0 Å². The first-order chi connectivity index (χ1) is 7.66. The van der Waals surface area contributed by atoms with Crippen molar-refractivity contribution < 1.29 is 14.3 Å². The summed E-state index contributed by atoms with van der Waals surface area (Å²) < 4.78 is 5.67. The minimum Gasteiger partial charge on any atom is -0.378 e. The second-order valence-corrected chi connectivity index (χ2v) is 4.61. The van der Waals surface area contributed by atoms with E-state index in [1.807, 2.05) is 0 Å². The van der Waals surface area contributed by atoms with Gasteiger partial charge in [-0.15, -0.1) is 0 Å². The number of hydrogen-bond donors (Lipinski definition) is 1. The molecule has 0 aromatic heterocycles. The molecule has 5 heteroatoms. The monoisotopic (exact) mass is 226 g/mol. The fraction of sp³-hybridized carbons (Fsp3) is 0.818. The van der Waals surface area contributed by atoms with Crippen molar-refractivity contribution in [1.82, 2.24) is 4.90 Å². The number of carbonyl (C=O) groups excluding carboxylic acids is 2. The number of primary amides is 1. The summed E-state index contributed by atoms with van der Waals surface area (Å²) in [6, 6.07) is 0. The molecule has 0 aromatic carbocycles. The molecule has 16 heavy (non-hydrogen) atoms. The van der Waals surface area contributed by atoms with Crippen molar-refractivity contribution in [2.75, 3.05) is 19.7 Å². The van der Waals surface area contributed by atoms with E-state index in [1.165, 1.54) is 6.42 Å². The average molecular weight is 226 g/mol. The van der Waals surface area contributed by atoms with Crippen molar-refractivity contribution >= 4 is 11.8 Å². The van der Waals surface area contributed by atoms with E-state index in [0.29, 0.717) is 13.0 Å². The zero-order valence-corrected chi connectivity index (χ0v) is 9.35. The van der Waals surface area contributed by atoms with Crippen molar-refractivity contribution in [3.63, 3.8) is 0 Å². The van der Waals surface area contributed by atoms with Gasteiger partial charge in [-0.2, -0.15) is 0 Å². The summed E-state index contributed by atoms with van der Waals surface area (Å²) >= 11 is 0. The lowest BCUT2D eigenvalue weighted by Crippen LogP contribution is -2.36. The van der Waals surface area contributed by atoms with Gasteiger partial charge in [0.25, 0.3) is 0 Å². The molecule has 0 aromatic rings. The Bertz CT molecular complexity index is 287. The van der Waals surface area contributed by atoms with Crippen LogP contribution in [0.4, 0.5) is 0 Å². The molecule has 2 aliphatic heterocycles. The molecular formula is C11H18N2O3. The number of ether oxygens (including phenoxy) is 1. The normalized spacial score (nSPS) is 30.8. The van der Waals surface area contributed by atoms with Crippen LogP contribution in [-0.4, -0.2) is 42.5 Å². The lowest BCUT2D eigenvalue weighted by molar-refractivity contribution is -0.132. The van der Waals surface area contributed by atoms with E-state index in [1.54, 1.807) is 4.90 Å². The van der Waals surface area contributed by atoms with E-state index < -0.39 is 5.91 Å². The zero-order chi connectivity index (χ0) is 11.5. The van der Waals surface area contributed by atoms with Crippen LogP contribution in [0.15, 0.2) is 0 Å². The van der Waals surface area contributed by atoms with Crippen molar-refractivity contribution in [1.29, 1.82) is 0 Å². The van der Waals surface area contributed by atoms with Gasteiger partial charge in [-0.25, -0.2) is 0 Å². The second kappa shape index (κ2) is 4.82. The van der Waals surface area contributed by atoms with E-state index in [2.05, 4.69) is 0 Å². The lowest BCUT2D eigenvalue weighted by Gasteiger charge is -2.27. The highest BCUT2D eigenvalue weighted by Gasteiger charge is 2.36. The molecule has 2 unspecified atom stereocenters. The molecule has 90 valence electrons. The van der Waals surface area contributed by atoms with Crippen LogP contribution in [0.3, 0.4) is 0 Å².